The summed E-state index contributed by atoms with van der Waals surface area (Å²) >= 11 is 3.20. The van der Waals surface area contributed by atoms with Crippen LogP contribution in [0.3, 0.4) is 0 Å². The molecule has 0 spiro atoms. The number of aliphatic hydroxyl groups excluding tert-OH is 1. The highest BCUT2D eigenvalue weighted by Gasteiger charge is 2.23. The molecule has 0 amide bonds. The van der Waals surface area contributed by atoms with Gasteiger partial charge in [0.1, 0.15) is 0 Å². The molecule has 0 saturated heterocycles. The molecule has 19 heavy (non-hydrogen) atoms. The summed E-state index contributed by atoms with van der Waals surface area (Å²) in [4.78, 5) is 0.144. The predicted octanol–water partition coefficient (Wildman–Crippen LogP) is 1.72. The van der Waals surface area contributed by atoms with E-state index in [0.717, 1.165) is 0 Å². The van der Waals surface area contributed by atoms with E-state index in [9.17, 15) is 8.42 Å². The average molecular weight is 351 g/mol. The van der Waals surface area contributed by atoms with Crippen LogP contribution in [0.25, 0.3) is 0 Å². The molecule has 4 N–H and O–H groups in total. The standard InChI is InChI=1S/C12H19BrN2O3S/c1-8(2)11(5-6-16)15-19(17,18)12-4-3-9(14)7-10(12)13/h3-4,7-8,11,15-16H,5-6,14H2,1-2H3. The first-order valence-electron chi connectivity index (χ1n) is 5.96. The molecule has 5 nitrogen and oxygen atoms in total. The van der Waals surface area contributed by atoms with Crippen molar-refractivity contribution in [1.82, 2.24) is 4.72 Å². The van der Waals surface area contributed by atoms with Crippen molar-refractivity contribution in [3.63, 3.8) is 0 Å². The summed E-state index contributed by atoms with van der Waals surface area (Å²) in [7, 11) is -3.64. The van der Waals surface area contributed by atoms with Gasteiger partial charge in [-0.05, 0) is 46.5 Å². The molecule has 0 aliphatic carbocycles. The van der Waals surface area contributed by atoms with E-state index in [2.05, 4.69) is 20.7 Å². The molecule has 0 fully saturated rings. The fourth-order valence-corrected chi connectivity index (χ4v) is 4.18. The van der Waals surface area contributed by atoms with E-state index < -0.39 is 10.0 Å². The smallest absolute Gasteiger partial charge is 0.241 e. The molecule has 0 aromatic heterocycles. The van der Waals surface area contributed by atoms with E-state index >= 15 is 0 Å². The molecule has 0 radical (unpaired) electrons. The van der Waals surface area contributed by atoms with E-state index in [1.54, 1.807) is 6.07 Å². The first-order chi connectivity index (χ1) is 8.77. The van der Waals surface area contributed by atoms with Crippen molar-refractivity contribution in [1.29, 1.82) is 0 Å². The Hall–Kier alpha value is -0.630. The number of nitrogen functional groups attached to an aromatic ring is 1. The minimum absolute atomic E-state index is 0.0612. The lowest BCUT2D eigenvalue weighted by Gasteiger charge is -2.21. The topological polar surface area (TPSA) is 92.4 Å². The Balaban J connectivity index is 3.03. The molecule has 108 valence electrons. The fraction of sp³-hybridized carbons (Fsp3) is 0.500. The third-order valence-electron chi connectivity index (χ3n) is 2.80. The van der Waals surface area contributed by atoms with Gasteiger partial charge >= 0.3 is 0 Å². The van der Waals surface area contributed by atoms with Gasteiger partial charge in [0.2, 0.25) is 10.0 Å². The third-order valence-corrected chi connectivity index (χ3v) is 5.26. The molecule has 1 unspecified atom stereocenters. The van der Waals surface area contributed by atoms with Crippen LogP contribution in [0.4, 0.5) is 5.69 Å². The van der Waals surface area contributed by atoms with E-state index in [1.165, 1.54) is 12.1 Å². The number of hydrogen-bond donors (Lipinski definition) is 3. The summed E-state index contributed by atoms with van der Waals surface area (Å²) in [5.41, 5.74) is 6.08. The summed E-state index contributed by atoms with van der Waals surface area (Å²) in [6.07, 6.45) is 0.378. The number of halogens is 1. The lowest BCUT2D eigenvalue weighted by Crippen LogP contribution is -2.39. The molecule has 1 rings (SSSR count). The number of nitrogens with two attached hydrogens (primary N) is 1. The Morgan fingerprint density at radius 1 is 1.42 bits per heavy atom. The Morgan fingerprint density at radius 2 is 2.05 bits per heavy atom. The summed E-state index contributed by atoms with van der Waals surface area (Å²) in [5.74, 6) is 0.0921. The van der Waals surface area contributed by atoms with Crippen LogP contribution in [-0.4, -0.2) is 26.2 Å². The molecule has 1 aromatic rings. The number of sulfonamides is 1. The molecule has 0 aliphatic heterocycles. The molecule has 1 aromatic carbocycles. The highest BCUT2D eigenvalue weighted by atomic mass is 79.9. The maximum absolute atomic E-state index is 12.3. The molecule has 0 saturated carbocycles. The number of benzene rings is 1. The lowest BCUT2D eigenvalue weighted by atomic mass is 10.0. The van der Waals surface area contributed by atoms with E-state index in [-0.39, 0.29) is 23.5 Å². The number of rotatable bonds is 6. The summed E-state index contributed by atoms with van der Waals surface area (Å²) < 4.78 is 27.6. The van der Waals surface area contributed by atoms with Crippen LogP contribution in [0.1, 0.15) is 20.3 Å². The van der Waals surface area contributed by atoms with Crippen molar-refractivity contribution in [2.24, 2.45) is 5.92 Å². The van der Waals surface area contributed by atoms with Crippen molar-refractivity contribution in [2.45, 2.75) is 31.2 Å². The number of hydrogen-bond acceptors (Lipinski definition) is 4. The SMILES string of the molecule is CC(C)C(CCO)NS(=O)(=O)c1ccc(N)cc1Br. The van der Waals surface area contributed by atoms with Crippen LogP contribution < -0.4 is 10.5 Å². The van der Waals surface area contributed by atoms with Crippen molar-refractivity contribution < 1.29 is 13.5 Å². The Kier molecular flexibility index (Phi) is 5.79. The van der Waals surface area contributed by atoms with Gasteiger partial charge in [-0.3, -0.25) is 0 Å². The van der Waals surface area contributed by atoms with Crippen molar-refractivity contribution >= 4 is 31.6 Å². The Bertz CT molecular complexity index is 532. The Morgan fingerprint density at radius 3 is 2.53 bits per heavy atom. The van der Waals surface area contributed by atoms with Gasteiger partial charge in [0.25, 0.3) is 0 Å². The van der Waals surface area contributed by atoms with E-state index in [4.69, 9.17) is 10.8 Å². The minimum Gasteiger partial charge on any atom is -0.399 e. The second-order valence-electron chi connectivity index (χ2n) is 4.67. The zero-order valence-electron chi connectivity index (χ0n) is 10.9. The highest BCUT2D eigenvalue weighted by molar-refractivity contribution is 9.10. The first kappa shape index (κ1) is 16.4. The van der Waals surface area contributed by atoms with Gasteiger partial charge < -0.3 is 10.8 Å². The van der Waals surface area contributed by atoms with Crippen LogP contribution in [0.2, 0.25) is 0 Å². The third kappa shape index (κ3) is 4.45. The van der Waals surface area contributed by atoms with Gasteiger partial charge in [-0.15, -0.1) is 0 Å². The van der Waals surface area contributed by atoms with Gasteiger partial charge in [0, 0.05) is 22.8 Å². The van der Waals surface area contributed by atoms with E-state index in [0.29, 0.717) is 16.6 Å². The molecular weight excluding hydrogens is 332 g/mol. The maximum Gasteiger partial charge on any atom is 0.241 e. The predicted molar refractivity (Wildman–Crippen MR) is 79.2 cm³/mol. The quantitative estimate of drug-likeness (QED) is 0.681. The normalized spacial score (nSPS) is 13.7. The van der Waals surface area contributed by atoms with Crippen LogP contribution in [0.15, 0.2) is 27.6 Å². The molecule has 0 bridgehead atoms. The van der Waals surface area contributed by atoms with Gasteiger partial charge in [-0.25, -0.2) is 13.1 Å². The highest BCUT2D eigenvalue weighted by Crippen LogP contribution is 2.25. The van der Waals surface area contributed by atoms with Crippen LogP contribution in [0, 0.1) is 5.92 Å². The minimum atomic E-state index is -3.64. The van der Waals surface area contributed by atoms with Gasteiger partial charge in [0.05, 0.1) is 4.90 Å². The van der Waals surface area contributed by atoms with Crippen LogP contribution in [0.5, 0.6) is 0 Å². The van der Waals surface area contributed by atoms with Crippen molar-refractivity contribution in [3.8, 4) is 0 Å². The summed E-state index contributed by atoms with van der Waals surface area (Å²) in [6, 6.07) is 4.23. The van der Waals surface area contributed by atoms with Crippen LogP contribution in [-0.2, 0) is 10.0 Å². The first-order valence-corrected chi connectivity index (χ1v) is 8.23. The lowest BCUT2D eigenvalue weighted by molar-refractivity contribution is 0.256. The maximum atomic E-state index is 12.3. The average Bonchev–Trinajstić information content (AvgIpc) is 2.27. The molecular formula is C12H19BrN2O3S. The molecule has 0 heterocycles. The summed E-state index contributed by atoms with van der Waals surface area (Å²) in [6.45, 7) is 3.75. The zero-order chi connectivity index (χ0) is 14.6. The van der Waals surface area contributed by atoms with Gasteiger partial charge in [-0.2, -0.15) is 0 Å². The molecule has 7 heteroatoms. The van der Waals surface area contributed by atoms with Gasteiger partial charge in [0.15, 0.2) is 0 Å². The molecule has 1 atom stereocenters. The number of anilines is 1. The second-order valence-corrected chi connectivity index (χ2v) is 7.21. The zero-order valence-corrected chi connectivity index (χ0v) is 13.3. The fourth-order valence-electron chi connectivity index (χ4n) is 1.67. The van der Waals surface area contributed by atoms with E-state index in [1.807, 2.05) is 13.8 Å². The number of nitrogens with one attached hydrogen (secondary N) is 1. The second kappa shape index (κ2) is 6.69. The molecule has 0 aliphatic rings. The number of aliphatic hydroxyl groups is 1. The van der Waals surface area contributed by atoms with Gasteiger partial charge in [-0.1, -0.05) is 13.8 Å². The monoisotopic (exact) mass is 350 g/mol. The summed E-state index contributed by atoms with van der Waals surface area (Å²) in [5, 5.41) is 8.98. The van der Waals surface area contributed by atoms with Crippen LogP contribution >= 0.6 is 15.9 Å². The largest absolute Gasteiger partial charge is 0.399 e. The Labute approximate surface area is 122 Å². The van der Waals surface area contributed by atoms with Crippen molar-refractivity contribution in [3.05, 3.63) is 22.7 Å². The van der Waals surface area contributed by atoms with Crippen molar-refractivity contribution in [2.75, 3.05) is 12.3 Å².